The fourth-order valence-corrected chi connectivity index (χ4v) is 2.58. The SMILES string of the molecule is CC=Cc1ccc(-c2n[nH]c3ccccc23)cc1CC. The Balaban J connectivity index is 2.15. The Bertz CT molecular complexity index is 766. The third-order valence-corrected chi connectivity index (χ3v) is 3.61. The molecule has 20 heavy (non-hydrogen) atoms. The number of aryl methyl sites for hydroxylation is 1. The molecule has 3 rings (SSSR count). The molecule has 1 aromatic heterocycles. The molecule has 0 spiro atoms. The van der Waals surface area contributed by atoms with Gasteiger partial charge in [0.05, 0.1) is 11.2 Å². The van der Waals surface area contributed by atoms with Crippen molar-refractivity contribution in [1.29, 1.82) is 0 Å². The predicted molar refractivity (Wildman–Crippen MR) is 85.6 cm³/mol. The summed E-state index contributed by atoms with van der Waals surface area (Å²) in [6, 6.07) is 14.8. The summed E-state index contributed by atoms with van der Waals surface area (Å²) in [5, 5.41) is 8.75. The molecule has 2 aromatic carbocycles. The van der Waals surface area contributed by atoms with Crippen molar-refractivity contribution < 1.29 is 0 Å². The number of nitrogens with zero attached hydrogens (tertiary/aromatic N) is 1. The normalized spacial score (nSPS) is 11.5. The minimum atomic E-state index is 1.02. The average Bonchev–Trinajstić information content (AvgIpc) is 2.92. The Hall–Kier alpha value is -2.35. The third kappa shape index (κ3) is 2.14. The van der Waals surface area contributed by atoms with E-state index < -0.39 is 0 Å². The number of aromatic amines is 1. The van der Waals surface area contributed by atoms with Crippen molar-refractivity contribution in [3.05, 3.63) is 59.7 Å². The van der Waals surface area contributed by atoms with Gasteiger partial charge in [0.1, 0.15) is 0 Å². The molecule has 100 valence electrons. The quantitative estimate of drug-likeness (QED) is 0.720. The second-order valence-electron chi connectivity index (χ2n) is 4.88. The largest absolute Gasteiger partial charge is 0.277 e. The average molecular weight is 262 g/mol. The molecule has 0 saturated carbocycles. The lowest BCUT2D eigenvalue weighted by molar-refractivity contribution is 1.11. The Labute approximate surface area is 119 Å². The zero-order valence-corrected chi connectivity index (χ0v) is 11.9. The topological polar surface area (TPSA) is 28.7 Å². The lowest BCUT2D eigenvalue weighted by atomic mass is 9.99. The van der Waals surface area contributed by atoms with Crippen LogP contribution in [0.5, 0.6) is 0 Å². The maximum atomic E-state index is 4.47. The number of allylic oxidation sites excluding steroid dienone is 1. The number of para-hydroxylation sites is 1. The fraction of sp³-hybridized carbons (Fsp3) is 0.167. The van der Waals surface area contributed by atoms with Crippen LogP contribution in [-0.2, 0) is 6.42 Å². The monoisotopic (exact) mass is 262 g/mol. The van der Waals surface area contributed by atoms with E-state index in [9.17, 15) is 0 Å². The van der Waals surface area contributed by atoms with Gasteiger partial charge in [0, 0.05) is 10.9 Å². The highest BCUT2D eigenvalue weighted by Gasteiger charge is 2.09. The van der Waals surface area contributed by atoms with Gasteiger partial charge in [-0.3, -0.25) is 5.10 Å². The Kier molecular flexibility index (Phi) is 3.38. The molecule has 0 aliphatic rings. The summed E-state index contributed by atoms with van der Waals surface area (Å²) in [5.41, 5.74) is 5.93. The number of hydrogen-bond acceptors (Lipinski definition) is 1. The van der Waals surface area contributed by atoms with Crippen LogP contribution in [0.2, 0.25) is 0 Å². The van der Waals surface area contributed by atoms with E-state index in [1.807, 2.05) is 6.07 Å². The molecule has 0 saturated heterocycles. The van der Waals surface area contributed by atoms with Gasteiger partial charge in [0.2, 0.25) is 0 Å². The first kappa shape index (κ1) is 12.7. The molecule has 0 fully saturated rings. The van der Waals surface area contributed by atoms with Crippen LogP contribution in [-0.4, -0.2) is 10.2 Å². The van der Waals surface area contributed by atoms with E-state index in [1.165, 1.54) is 22.1 Å². The van der Waals surface area contributed by atoms with Crippen LogP contribution in [0.1, 0.15) is 25.0 Å². The first-order valence-corrected chi connectivity index (χ1v) is 7.02. The van der Waals surface area contributed by atoms with Crippen molar-refractivity contribution in [3.63, 3.8) is 0 Å². The molecule has 0 amide bonds. The number of hydrogen-bond donors (Lipinski definition) is 1. The maximum Gasteiger partial charge on any atom is 0.0999 e. The minimum Gasteiger partial charge on any atom is -0.277 e. The first-order valence-electron chi connectivity index (χ1n) is 7.02. The van der Waals surface area contributed by atoms with E-state index in [0.29, 0.717) is 0 Å². The van der Waals surface area contributed by atoms with E-state index in [-0.39, 0.29) is 0 Å². The Morgan fingerprint density at radius 2 is 2.00 bits per heavy atom. The molecule has 1 heterocycles. The lowest BCUT2D eigenvalue weighted by Crippen LogP contribution is -1.89. The second kappa shape index (κ2) is 5.33. The summed E-state index contributed by atoms with van der Waals surface area (Å²) in [5.74, 6) is 0. The summed E-state index contributed by atoms with van der Waals surface area (Å²) in [6.45, 7) is 4.24. The molecular formula is C18H18N2. The summed E-state index contributed by atoms with van der Waals surface area (Å²) in [7, 11) is 0. The van der Waals surface area contributed by atoms with E-state index in [0.717, 1.165) is 17.6 Å². The summed E-state index contributed by atoms with van der Waals surface area (Å²) in [6.07, 6.45) is 5.26. The number of nitrogens with one attached hydrogen (secondary N) is 1. The highest BCUT2D eigenvalue weighted by atomic mass is 15.1. The van der Waals surface area contributed by atoms with Gasteiger partial charge in [-0.1, -0.05) is 49.4 Å². The molecule has 0 aliphatic carbocycles. The van der Waals surface area contributed by atoms with Crippen LogP contribution in [0.4, 0.5) is 0 Å². The van der Waals surface area contributed by atoms with Crippen LogP contribution >= 0.6 is 0 Å². The van der Waals surface area contributed by atoms with Gasteiger partial charge in [0.15, 0.2) is 0 Å². The molecule has 2 heteroatoms. The summed E-state index contributed by atoms with van der Waals surface area (Å²) >= 11 is 0. The van der Waals surface area contributed by atoms with Crippen LogP contribution in [0, 0.1) is 0 Å². The smallest absolute Gasteiger partial charge is 0.0999 e. The first-order chi connectivity index (χ1) is 9.83. The van der Waals surface area contributed by atoms with Gasteiger partial charge in [-0.05, 0) is 36.6 Å². The molecular weight excluding hydrogens is 244 g/mol. The van der Waals surface area contributed by atoms with E-state index in [1.54, 1.807) is 0 Å². The van der Waals surface area contributed by atoms with Gasteiger partial charge < -0.3 is 0 Å². The van der Waals surface area contributed by atoms with E-state index in [4.69, 9.17) is 0 Å². The summed E-state index contributed by atoms with van der Waals surface area (Å²) in [4.78, 5) is 0. The van der Waals surface area contributed by atoms with Crippen molar-refractivity contribution in [1.82, 2.24) is 10.2 Å². The van der Waals surface area contributed by atoms with Crippen LogP contribution in [0.3, 0.4) is 0 Å². The van der Waals surface area contributed by atoms with Crippen molar-refractivity contribution in [2.45, 2.75) is 20.3 Å². The molecule has 0 aliphatic heterocycles. The van der Waals surface area contributed by atoms with Gasteiger partial charge in [-0.25, -0.2) is 0 Å². The van der Waals surface area contributed by atoms with Crippen molar-refractivity contribution in [2.24, 2.45) is 0 Å². The zero-order chi connectivity index (χ0) is 13.9. The van der Waals surface area contributed by atoms with Crippen molar-refractivity contribution >= 4 is 17.0 Å². The number of rotatable bonds is 3. The van der Waals surface area contributed by atoms with Gasteiger partial charge in [0.25, 0.3) is 0 Å². The molecule has 0 unspecified atom stereocenters. The van der Waals surface area contributed by atoms with E-state index >= 15 is 0 Å². The van der Waals surface area contributed by atoms with Crippen LogP contribution in [0.25, 0.3) is 28.2 Å². The molecule has 0 atom stereocenters. The van der Waals surface area contributed by atoms with Gasteiger partial charge in [-0.15, -0.1) is 0 Å². The molecule has 0 radical (unpaired) electrons. The number of fused-ring (bicyclic) bond motifs is 1. The van der Waals surface area contributed by atoms with Gasteiger partial charge >= 0.3 is 0 Å². The zero-order valence-electron chi connectivity index (χ0n) is 11.9. The molecule has 3 aromatic rings. The highest BCUT2D eigenvalue weighted by Crippen LogP contribution is 2.28. The Morgan fingerprint density at radius 3 is 2.80 bits per heavy atom. The fourth-order valence-electron chi connectivity index (χ4n) is 2.58. The predicted octanol–water partition coefficient (Wildman–Crippen LogP) is 4.83. The van der Waals surface area contributed by atoms with E-state index in [2.05, 4.69) is 72.6 Å². The van der Waals surface area contributed by atoms with Crippen LogP contribution in [0.15, 0.2) is 48.5 Å². The van der Waals surface area contributed by atoms with Gasteiger partial charge in [-0.2, -0.15) is 5.10 Å². The number of H-pyrrole nitrogens is 1. The Morgan fingerprint density at radius 1 is 1.15 bits per heavy atom. The van der Waals surface area contributed by atoms with Crippen LogP contribution < -0.4 is 0 Å². The second-order valence-corrected chi connectivity index (χ2v) is 4.88. The number of aromatic nitrogens is 2. The molecule has 1 N–H and O–H groups in total. The molecule has 0 bridgehead atoms. The highest BCUT2D eigenvalue weighted by molar-refractivity contribution is 5.93. The van der Waals surface area contributed by atoms with Crippen molar-refractivity contribution in [2.75, 3.05) is 0 Å². The standard InChI is InChI=1S/C18H18N2/c1-3-7-14-10-11-15(12-13(14)4-2)18-16-8-5-6-9-17(16)19-20-18/h3,5-12H,4H2,1-2H3,(H,19,20). The number of benzene rings is 2. The maximum absolute atomic E-state index is 4.47. The third-order valence-electron chi connectivity index (χ3n) is 3.61. The summed E-state index contributed by atoms with van der Waals surface area (Å²) < 4.78 is 0. The molecule has 2 nitrogen and oxygen atoms in total. The van der Waals surface area contributed by atoms with Crippen molar-refractivity contribution in [3.8, 4) is 11.3 Å². The minimum absolute atomic E-state index is 1.02. The lowest BCUT2D eigenvalue weighted by Gasteiger charge is -2.06.